The molecule has 0 aromatic heterocycles. The Kier molecular flexibility index (Phi) is 5.60. The minimum Gasteiger partial charge on any atom is -0.268 e. The van der Waals surface area contributed by atoms with E-state index < -0.39 is 0 Å². The quantitative estimate of drug-likeness (QED) is 0.486. The molecule has 3 aromatic rings. The van der Waals surface area contributed by atoms with Crippen molar-refractivity contribution in [2.75, 3.05) is 4.90 Å². The SMILES string of the molecule is CCc1ccc(N2C(=O)C(Sc3ccccc3)=C(c3ccc(C)cc3C)C2=O)cc1. The number of hydrogen-bond donors (Lipinski definition) is 0. The lowest BCUT2D eigenvalue weighted by atomic mass is 9.98. The number of nitrogens with zero attached hydrogens (tertiary/aromatic N) is 1. The lowest BCUT2D eigenvalue weighted by Crippen LogP contribution is -2.31. The fourth-order valence-corrected chi connectivity index (χ4v) is 4.66. The molecule has 0 radical (unpaired) electrons. The van der Waals surface area contributed by atoms with Crippen molar-refractivity contribution in [3.63, 3.8) is 0 Å². The number of amides is 2. The second-order valence-corrected chi connectivity index (χ2v) is 8.49. The van der Waals surface area contributed by atoms with Crippen LogP contribution in [0.3, 0.4) is 0 Å². The van der Waals surface area contributed by atoms with Crippen molar-refractivity contribution in [2.45, 2.75) is 32.1 Å². The van der Waals surface area contributed by atoms with Gasteiger partial charge in [-0.1, -0.05) is 72.8 Å². The highest BCUT2D eigenvalue weighted by molar-refractivity contribution is 8.04. The number of carbonyl (C=O) groups excluding carboxylic acids is 2. The van der Waals surface area contributed by atoms with E-state index in [4.69, 9.17) is 0 Å². The molecular formula is C26H23NO2S. The lowest BCUT2D eigenvalue weighted by Gasteiger charge is -2.16. The van der Waals surface area contributed by atoms with Crippen molar-refractivity contribution in [1.29, 1.82) is 0 Å². The van der Waals surface area contributed by atoms with E-state index in [9.17, 15) is 9.59 Å². The summed E-state index contributed by atoms with van der Waals surface area (Å²) in [6.45, 7) is 6.08. The highest BCUT2D eigenvalue weighted by Crippen LogP contribution is 2.42. The van der Waals surface area contributed by atoms with E-state index in [0.717, 1.165) is 28.0 Å². The van der Waals surface area contributed by atoms with Gasteiger partial charge in [0.25, 0.3) is 11.8 Å². The van der Waals surface area contributed by atoms with Gasteiger partial charge in [0.2, 0.25) is 0 Å². The molecule has 0 unspecified atom stereocenters. The standard InChI is InChI=1S/C26H23NO2S/c1-4-19-11-13-20(14-12-19)27-25(28)23(22-15-10-17(2)16-18(22)3)24(26(27)29)30-21-8-6-5-7-9-21/h5-16H,4H2,1-3H3. The van der Waals surface area contributed by atoms with Gasteiger partial charge in [0.05, 0.1) is 16.2 Å². The monoisotopic (exact) mass is 413 g/mol. The smallest absolute Gasteiger partial charge is 0.268 e. The van der Waals surface area contributed by atoms with E-state index in [2.05, 4.69) is 6.92 Å². The predicted molar refractivity (Wildman–Crippen MR) is 123 cm³/mol. The molecule has 2 amide bonds. The van der Waals surface area contributed by atoms with Crippen LogP contribution >= 0.6 is 11.8 Å². The molecule has 0 N–H and O–H groups in total. The summed E-state index contributed by atoms with van der Waals surface area (Å²) in [6, 6.07) is 23.3. The summed E-state index contributed by atoms with van der Waals surface area (Å²) in [5, 5.41) is 0. The molecule has 1 aliphatic rings. The molecule has 0 bridgehead atoms. The van der Waals surface area contributed by atoms with Crippen molar-refractivity contribution >= 4 is 34.8 Å². The first-order chi connectivity index (χ1) is 14.5. The van der Waals surface area contributed by atoms with Crippen LogP contribution in [0.25, 0.3) is 5.57 Å². The molecule has 4 rings (SSSR count). The van der Waals surface area contributed by atoms with Gasteiger partial charge >= 0.3 is 0 Å². The summed E-state index contributed by atoms with van der Waals surface area (Å²) in [4.78, 5) is 29.7. The summed E-state index contributed by atoms with van der Waals surface area (Å²) in [5.74, 6) is -0.539. The van der Waals surface area contributed by atoms with Crippen LogP contribution in [0.15, 0.2) is 82.6 Å². The Balaban J connectivity index is 1.83. The molecule has 0 atom stereocenters. The van der Waals surface area contributed by atoms with Gasteiger partial charge in [-0.15, -0.1) is 0 Å². The Morgan fingerprint density at radius 3 is 2.17 bits per heavy atom. The number of imide groups is 1. The van der Waals surface area contributed by atoms with Crippen molar-refractivity contribution in [3.8, 4) is 0 Å². The molecule has 3 aromatic carbocycles. The summed E-state index contributed by atoms with van der Waals surface area (Å²) in [7, 11) is 0. The fraction of sp³-hybridized carbons (Fsp3) is 0.154. The zero-order valence-electron chi connectivity index (χ0n) is 17.3. The number of anilines is 1. The molecule has 3 nitrogen and oxygen atoms in total. The van der Waals surface area contributed by atoms with Crippen molar-refractivity contribution < 1.29 is 9.59 Å². The van der Waals surface area contributed by atoms with Gasteiger partial charge in [0.1, 0.15) is 0 Å². The number of aryl methyl sites for hydroxylation is 3. The van der Waals surface area contributed by atoms with Crippen LogP contribution < -0.4 is 4.90 Å². The summed E-state index contributed by atoms with van der Waals surface area (Å²) < 4.78 is 0. The third-order valence-corrected chi connectivity index (χ3v) is 6.35. The maximum atomic E-state index is 13.5. The number of benzene rings is 3. The van der Waals surface area contributed by atoms with Crippen molar-refractivity contribution in [3.05, 3.63) is 100.0 Å². The number of carbonyl (C=O) groups is 2. The minimum absolute atomic E-state index is 0.269. The Morgan fingerprint density at radius 2 is 1.53 bits per heavy atom. The maximum absolute atomic E-state index is 13.5. The Hall–Kier alpha value is -3.11. The van der Waals surface area contributed by atoms with Gasteiger partial charge < -0.3 is 0 Å². The predicted octanol–water partition coefficient (Wildman–Crippen LogP) is 5.94. The average molecular weight is 414 g/mol. The first-order valence-corrected chi connectivity index (χ1v) is 10.8. The number of rotatable bonds is 5. The largest absolute Gasteiger partial charge is 0.272 e. The first kappa shape index (κ1) is 20.2. The zero-order valence-corrected chi connectivity index (χ0v) is 18.1. The highest BCUT2D eigenvalue weighted by atomic mass is 32.2. The highest BCUT2D eigenvalue weighted by Gasteiger charge is 2.40. The van der Waals surface area contributed by atoms with Crippen LogP contribution in [-0.2, 0) is 16.0 Å². The Morgan fingerprint density at radius 1 is 0.833 bits per heavy atom. The summed E-state index contributed by atoms with van der Waals surface area (Å²) in [5.41, 5.74) is 5.17. The molecule has 1 aliphatic heterocycles. The molecule has 150 valence electrons. The Bertz CT molecular complexity index is 1150. The van der Waals surface area contributed by atoms with E-state index in [1.807, 2.05) is 86.6 Å². The van der Waals surface area contributed by atoms with Gasteiger partial charge in [0, 0.05) is 4.90 Å². The van der Waals surface area contributed by atoms with E-state index in [1.54, 1.807) is 0 Å². The van der Waals surface area contributed by atoms with Crippen molar-refractivity contribution in [1.82, 2.24) is 0 Å². The molecule has 0 spiro atoms. The average Bonchev–Trinajstić information content (AvgIpc) is 2.99. The number of hydrogen-bond acceptors (Lipinski definition) is 3. The molecule has 4 heteroatoms. The van der Waals surface area contributed by atoms with E-state index >= 15 is 0 Å². The van der Waals surface area contributed by atoms with Gasteiger partial charge in [-0.2, -0.15) is 0 Å². The first-order valence-electron chi connectivity index (χ1n) is 10.0. The normalized spacial score (nSPS) is 14.0. The molecule has 0 saturated heterocycles. The molecular weight excluding hydrogens is 390 g/mol. The fourth-order valence-electron chi connectivity index (χ4n) is 3.66. The van der Waals surface area contributed by atoms with Crippen LogP contribution in [0.1, 0.15) is 29.2 Å². The van der Waals surface area contributed by atoms with E-state index in [0.29, 0.717) is 16.2 Å². The van der Waals surface area contributed by atoms with Crippen LogP contribution in [0, 0.1) is 13.8 Å². The van der Waals surface area contributed by atoms with Gasteiger partial charge in [-0.3, -0.25) is 9.59 Å². The third-order valence-electron chi connectivity index (χ3n) is 5.26. The second kappa shape index (κ2) is 8.33. The van der Waals surface area contributed by atoms with Crippen molar-refractivity contribution in [2.24, 2.45) is 0 Å². The van der Waals surface area contributed by atoms with Crippen LogP contribution in [0.5, 0.6) is 0 Å². The van der Waals surface area contributed by atoms with Gasteiger partial charge in [-0.05, 0) is 61.2 Å². The third kappa shape index (κ3) is 3.71. The van der Waals surface area contributed by atoms with Gasteiger partial charge in [-0.25, -0.2) is 4.90 Å². The summed E-state index contributed by atoms with van der Waals surface area (Å²) in [6.07, 6.45) is 0.906. The molecule has 0 saturated carbocycles. The zero-order chi connectivity index (χ0) is 21.3. The van der Waals surface area contributed by atoms with E-state index in [-0.39, 0.29) is 11.8 Å². The van der Waals surface area contributed by atoms with Crippen LogP contribution in [-0.4, -0.2) is 11.8 Å². The molecule has 30 heavy (non-hydrogen) atoms. The molecule has 0 fully saturated rings. The number of thioether (sulfide) groups is 1. The maximum Gasteiger partial charge on any atom is 0.272 e. The van der Waals surface area contributed by atoms with Crippen LogP contribution in [0.2, 0.25) is 0 Å². The lowest BCUT2D eigenvalue weighted by molar-refractivity contribution is -0.119. The Labute approximate surface area is 181 Å². The van der Waals surface area contributed by atoms with Crippen LogP contribution in [0.4, 0.5) is 5.69 Å². The topological polar surface area (TPSA) is 37.4 Å². The summed E-state index contributed by atoms with van der Waals surface area (Å²) >= 11 is 1.35. The van der Waals surface area contributed by atoms with E-state index in [1.165, 1.54) is 22.2 Å². The molecule has 1 heterocycles. The second-order valence-electron chi connectivity index (χ2n) is 7.40. The minimum atomic E-state index is -0.270. The molecule has 0 aliphatic carbocycles. The van der Waals surface area contributed by atoms with Gasteiger partial charge in [0.15, 0.2) is 0 Å².